The van der Waals surface area contributed by atoms with Crippen molar-refractivity contribution in [3.63, 3.8) is 0 Å². The van der Waals surface area contributed by atoms with Crippen LogP contribution in [-0.2, 0) is 17.6 Å². The third-order valence-corrected chi connectivity index (χ3v) is 5.31. The van der Waals surface area contributed by atoms with Crippen molar-refractivity contribution in [2.24, 2.45) is 0 Å². The highest BCUT2D eigenvalue weighted by Gasteiger charge is 2.33. The van der Waals surface area contributed by atoms with Crippen LogP contribution in [0.3, 0.4) is 0 Å². The maximum atomic E-state index is 13.0. The Kier molecular flexibility index (Phi) is 5.84. The number of carbonyl (C=O) groups is 2. The maximum Gasteiger partial charge on any atom is 0.329 e. The van der Waals surface area contributed by atoms with Gasteiger partial charge in [0.1, 0.15) is 5.70 Å². The van der Waals surface area contributed by atoms with E-state index in [2.05, 4.69) is 10.4 Å². The zero-order valence-corrected chi connectivity index (χ0v) is 17.3. The number of urea groups is 1. The average Bonchev–Trinajstić information content (AvgIpc) is 3.26. The number of hydrogen-bond acceptors (Lipinski definition) is 3. The molecule has 1 aliphatic rings. The third-order valence-electron chi connectivity index (χ3n) is 5.31. The molecule has 3 aromatic rings. The van der Waals surface area contributed by atoms with Gasteiger partial charge in [-0.2, -0.15) is 0 Å². The monoisotopic (exact) mass is 416 g/mol. The van der Waals surface area contributed by atoms with Crippen LogP contribution in [0.5, 0.6) is 0 Å². The lowest BCUT2D eigenvalue weighted by Gasteiger charge is -2.11. The molecule has 7 heteroatoms. The molecule has 0 aliphatic carbocycles. The molecular formula is C24H24N4O3. The van der Waals surface area contributed by atoms with E-state index in [1.807, 2.05) is 67.6 Å². The van der Waals surface area contributed by atoms with Crippen molar-refractivity contribution in [1.82, 2.24) is 20.0 Å². The van der Waals surface area contributed by atoms with Gasteiger partial charge in [-0.1, -0.05) is 55.5 Å². The van der Waals surface area contributed by atoms with E-state index in [4.69, 9.17) is 0 Å². The molecule has 0 saturated carbocycles. The van der Waals surface area contributed by atoms with Crippen molar-refractivity contribution in [3.8, 4) is 5.69 Å². The van der Waals surface area contributed by atoms with E-state index in [1.54, 1.807) is 0 Å². The number of aromatic nitrogens is 2. The van der Waals surface area contributed by atoms with Crippen molar-refractivity contribution in [3.05, 3.63) is 93.5 Å². The minimum atomic E-state index is -0.457. The number of aromatic amines is 1. The molecule has 2 N–H and O–H groups in total. The number of carbonyl (C=O) groups excluding carboxylic acids is 2. The smallest absolute Gasteiger partial charge is 0.303 e. The molecule has 2 aromatic carbocycles. The quantitative estimate of drug-likeness (QED) is 0.458. The van der Waals surface area contributed by atoms with E-state index < -0.39 is 11.9 Å². The highest BCUT2D eigenvalue weighted by Crippen LogP contribution is 2.17. The summed E-state index contributed by atoms with van der Waals surface area (Å²) in [6.07, 6.45) is 3.50. The Bertz CT molecular complexity index is 1180. The molecule has 2 heterocycles. The van der Waals surface area contributed by atoms with Gasteiger partial charge in [-0.25, -0.2) is 9.48 Å². The van der Waals surface area contributed by atoms with Gasteiger partial charge >= 0.3 is 6.03 Å². The van der Waals surface area contributed by atoms with Crippen LogP contribution >= 0.6 is 0 Å². The second-order valence-electron chi connectivity index (χ2n) is 7.37. The molecular weight excluding hydrogens is 392 g/mol. The number of nitrogens with one attached hydrogen (secondary N) is 2. The first kappa shape index (κ1) is 20.4. The molecule has 1 fully saturated rings. The molecule has 7 nitrogen and oxygen atoms in total. The van der Waals surface area contributed by atoms with E-state index in [0.29, 0.717) is 36.3 Å². The Hall–Kier alpha value is -3.87. The van der Waals surface area contributed by atoms with Crippen LogP contribution in [0.15, 0.2) is 71.2 Å². The van der Waals surface area contributed by atoms with Gasteiger partial charge in [0, 0.05) is 12.2 Å². The van der Waals surface area contributed by atoms with Gasteiger partial charge in [0.05, 0.1) is 11.3 Å². The molecule has 4 rings (SSSR count). The van der Waals surface area contributed by atoms with Gasteiger partial charge in [0.15, 0.2) is 0 Å². The minimum Gasteiger partial charge on any atom is -0.303 e. The van der Waals surface area contributed by atoms with Gasteiger partial charge in [-0.15, -0.1) is 0 Å². The number of hydrogen-bond donors (Lipinski definition) is 2. The standard InChI is InChI=1S/C24H24N4O3/c1-2-20-19(22(29)28(26-20)18-13-7-4-8-14-18)16-21-23(30)27(24(31)25-21)15-9-12-17-10-5-3-6-11-17/h3-8,10-11,13-14,16,26H,2,9,12,15H2,1H3,(H,25,31)/b21-16-. The van der Waals surface area contributed by atoms with Gasteiger partial charge < -0.3 is 5.32 Å². The van der Waals surface area contributed by atoms with Crippen LogP contribution in [0, 0.1) is 0 Å². The second-order valence-corrected chi connectivity index (χ2v) is 7.37. The Morgan fingerprint density at radius 1 is 0.935 bits per heavy atom. The van der Waals surface area contributed by atoms with Crippen LogP contribution in [0.1, 0.15) is 30.2 Å². The van der Waals surface area contributed by atoms with Crippen molar-refractivity contribution in [2.45, 2.75) is 26.2 Å². The van der Waals surface area contributed by atoms with Crippen molar-refractivity contribution in [2.75, 3.05) is 6.54 Å². The molecule has 31 heavy (non-hydrogen) atoms. The van der Waals surface area contributed by atoms with Crippen molar-refractivity contribution < 1.29 is 9.59 Å². The fourth-order valence-corrected chi connectivity index (χ4v) is 3.68. The normalized spacial score (nSPS) is 15.0. The summed E-state index contributed by atoms with van der Waals surface area (Å²) in [5, 5.41) is 5.72. The zero-order chi connectivity index (χ0) is 21.8. The third kappa shape index (κ3) is 4.21. The number of amides is 3. The predicted molar refractivity (Wildman–Crippen MR) is 119 cm³/mol. The van der Waals surface area contributed by atoms with E-state index in [1.165, 1.54) is 15.7 Å². The summed E-state index contributed by atoms with van der Waals surface area (Å²) in [5.41, 5.74) is 2.80. The summed E-state index contributed by atoms with van der Waals surface area (Å²) in [7, 11) is 0. The molecule has 1 aromatic heterocycles. The summed E-state index contributed by atoms with van der Waals surface area (Å²) in [6, 6.07) is 18.7. The number of para-hydroxylation sites is 1. The summed E-state index contributed by atoms with van der Waals surface area (Å²) < 4.78 is 1.45. The summed E-state index contributed by atoms with van der Waals surface area (Å²) >= 11 is 0. The van der Waals surface area contributed by atoms with E-state index in [0.717, 1.165) is 12.0 Å². The number of aryl methyl sites for hydroxylation is 2. The van der Waals surface area contributed by atoms with E-state index in [-0.39, 0.29) is 11.3 Å². The Labute approximate surface area is 180 Å². The maximum absolute atomic E-state index is 13.0. The minimum absolute atomic E-state index is 0.121. The van der Waals surface area contributed by atoms with Gasteiger partial charge in [-0.05, 0) is 43.0 Å². The lowest BCUT2D eigenvalue weighted by atomic mass is 10.1. The number of benzene rings is 2. The second kappa shape index (κ2) is 8.87. The Morgan fingerprint density at radius 3 is 2.29 bits per heavy atom. The van der Waals surface area contributed by atoms with Gasteiger partial charge in [0.2, 0.25) is 0 Å². The molecule has 3 amide bonds. The lowest BCUT2D eigenvalue weighted by molar-refractivity contribution is -0.122. The fourth-order valence-electron chi connectivity index (χ4n) is 3.68. The number of nitrogens with zero attached hydrogens (tertiary/aromatic N) is 2. The molecule has 158 valence electrons. The topological polar surface area (TPSA) is 87.2 Å². The van der Waals surface area contributed by atoms with Crippen LogP contribution in [0.25, 0.3) is 11.8 Å². The summed E-state index contributed by atoms with van der Waals surface area (Å²) in [6.45, 7) is 2.24. The van der Waals surface area contributed by atoms with Crippen molar-refractivity contribution in [1.29, 1.82) is 0 Å². The van der Waals surface area contributed by atoms with E-state index in [9.17, 15) is 14.4 Å². The number of rotatable bonds is 7. The van der Waals surface area contributed by atoms with Crippen molar-refractivity contribution >= 4 is 18.0 Å². The first-order valence-electron chi connectivity index (χ1n) is 10.4. The Morgan fingerprint density at radius 2 is 1.61 bits per heavy atom. The van der Waals surface area contributed by atoms with Gasteiger partial charge in [-0.3, -0.25) is 19.6 Å². The number of H-pyrrole nitrogens is 1. The summed E-state index contributed by atoms with van der Waals surface area (Å²) in [5.74, 6) is -0.410. The highest BCUT2D eigenvalue weighted by molar-refractivity contribution is 6.14. The lowest BCUT2D eigenvalue weighted by Crippen LogP contribution is -2.32. The molecule has 0 unspecified atom stereocenters. The number of imide groups is 1. The highest BCUT2D eigenvalue weighted by atomic mass is 16.2. The molecule has 0 radical (unpaired) electrons. The molecule has 0 atom stereocenters. The van der Waals surface area contributed by atoms with E-state index >= 15 is 0 Å². The molecule has 0 bridgehead atoms. The van der Waals surface area contributed by atoms with Crippen LogP contribution in [0.2, 0.25) is 0 Å². The van der Waals surface area contributed by atoms with Crippen LogP contribution in [-0.4, -0.2) is 33.2 Å². The average molecular weight is 416 g/mol. The summed E-state index contributed by atoms with van der Waals surface area (Å²) in [4.78, 5) is 39.3. The SMILES string of the molecule is CCc1[nH]n(-c2ccccc2)c(=O)c1/C=C1\NC(=O)N(CCCc2ccccc2)C1=O. The van der Waals surface area contributed by atoms with Gasteiger partial charge in [0.25, 0.3) is 11.5 Å². The largest absolute Gasteiger partial charge is 0.329 e. The molecule has 1 saturated heterocycles. The first-order chi connectivity index (χ1) is 15.1. The molecule has 1 aliphatic heterocycles. The fraction of sp³-hybridized carbons (Fsp3) is 0.208. The zero-order valence-electron chi connectivity index (χ0n) is 17.3. The van der Waals surface area contributed by atoms with Crippen LogP contribution in [0.4, 0.5) is 4.79 Å². The van der Waals surface area contributed by atoms with Crippen LogP contribution < -0.4 is 10.9 Å². The Balaban J connectivity index is 1.54. The first-order valence-corrected chi connectivity index (χ1v) is 10.4. The molecule has 0 spiro atoms. The predicted octanol–water partition coefficient (Wildman–Crippen LogP) is 3.25.